The minimum atomic E-state index is -0.209. The second kappa shape index (κ2) is 10.6. The summed E-state index contributed by atoms with van der Waals surface area (Å²) in [6.07, 6.45) is 1.07. The number of anilines is 1. The van der Waals surface area contributed by atoms with E-state index in [1.54, 1.807) is 7.05 Å². The van der Waals surface area contributed by atoms with Crippen LogP contribution in [-0.2, 0) is 4.74 Å². The molecule has 0 radical (unpaired) electrons. The van der Waals surface area contributed by atoms with Crippen molar-refractivity contribution >= 4 is 11.6 Å². The highest BCUT2D eigenvalue weighted by Crippen LogP contribution is 2.22. The first-order chi connectivity index (χ1) is 15.2. The molecule has 0 saturated carbocycles. The molecule has 2 aliphatic rings. The van der Waals surface area contributed by atoms with Gasteiger partial charge in [-0.1, -0.05) is 30.3 Å². The molecule has 7 heteroatoms. The zero-order valence-electron chi connectivity index (χ0n) is 18.1. The number of guanidine groups is 1. The second-order valence-corrected chi connectivity index (χ2v) is 8.08. The molecule has 166 valence electrons. The van der Waals surface area contributed by atoms with E-state index in [0.29, 0.717) is 12.6 Å². The van der Waals surface area contributed by atoms with Gasteiger partial charge in [-0.25, -0.2) is 4.39 Å². The third-order valence-electron chi connectivity index (χ3n) is 6.08. The Kier molecular flexibility index (Phi) is 7.38. The fourth-order valence-electron chi connectivity index (χ4n) is 4.36. The number of para-hydroxylation sites is 1. The van der Waals surface area contributed by atoms with Crippen LogP contribution < -0.4 is 15.5 Å². The van der Waals surface area contributed by atoms with Gasteiger partial charge in [-0.2, -0.15) is 0 Å². The van der Waals surface area contributed by atoms with E-state index in [2.05, 4.69) is 49.7 Å². The summed E-state index contributed by atoms with van der Waals surface area (Å²) in [6, 6.07) is 17.8. The summed E-state index contributed by atoms with van der Waals surface area (Å²) in [6.45, 7) is 5.86. The van der Waals surface area contributed by atoms with Gasteiger partial charge >= 0.3 is 0 Å². The van der Waals surface area contributed by atoms with E-state index in [4.69, 9.17) is 4.74 Å². The van der Waals surface area contributed by atoms with Crippen molar-refractivity contribution in [1.82, 2.24) is 15.5 Å². The first kappa shape index (κ1) is 21.6. The van der Waals surface area contributed by atoms with Crippen molar-refractivity contribution in [3.63, 3.8) is 0 Å². The molecule has 2 atom stereocenters. The summed E-state index contributed by atoms with van der Waals surface area (Å²) in [5, 5.41) is 7.08. The van der Waals surface area contributed by atoms with Crippen LogP contribution in [0, 0.1) is 5.82 Å². The average molecular weight is 426 g/mol. The number of nitrogens with zero attached hydrogens (tertiary/aromatic N) is 3. The Bertz CT molecular complexity index is 839. The van der Waals surface area contributed by atoms with Crippen molar-refractivity contribution in [2.24, 2.45) is 4.99 Å². The molecule has 0 amide bonds. The predicted octanol–water partition coefficient (Wildman–Crippen LogP) is 2.64. The number of nitrogens with one attached hydrogen (secondary N) is 2. The molecular weight excluding hydrogens is 393 g/mol. The molecule has 6 nitrogen and oxygen atoms in total. The molecule has 2 N–H and O–H groups in total. The zero-order valence-corrected chi connectivity index (χ0v) is 18.1. The minimum absolute atomic E-state index is 0.132. The quantitative estimate of drug-likeness (QED) is 0.551. The molecule has 2 unspecified atom stereocenters. The highest BCUT2D eigenvalue weighted by atomic mass is 19.1. The lowest BCUT2D eigenvalue weighted by atomic mass is 10.0. The Hall–Kier alpha value is -2.64. The summed E-state index contributed by atoms with van der Waals surface area (Å²) in [7, 11) is 1.81. The lowest BCUT2D eigenvalue weighted by molar-refractivity contribution is 0.0170. The first-order valence-electron chi connectivity index (χ1n) is 11.1. The molecule has 0 bridgehead atoms. The normalized spacial score (nSPS) is 21.2. The maximum atomic E-state index is 13.5. The van der Waals surface area contributed by atoms with Gasteiger partial charge in [0.05, 0.1) is 19.3 Å². The predicted molar refractivity (Wildman–Crippen MR) is 123 cm³/mol. The molecule has 0 aliphatic carbocycles. The number of benzene rings is 2. The van der Waals surface area contributed by atoms with Gasteiger partial charge in [-0.15, -0.1) is 0 Å². The van der Waals surface area contributed by atoms with E-state index in [-0.39, 0.29) is 11.9 Å². The number of rotatable bonds is 6. The van der Waals surface area contributed by atoms with Gasteiger partial charge in [-0.3, -0.25) is 9.89 Å². The lowest BCUT2D eigenvalue weighted by Crippen LogP contribution is -2.48. The monoisotopic (exact) mass is 425 g/mol. The van der Waals surface area contributed by atoms with E-state index < -0.39 is 0 Å². The van der Waals surface area contributed by atoms with Gasteiger partial charge in [0, 0.05) is 51.5 Å². The highest BCUT2D eigenvalue weighted by Gasteiger charge is 2.25. The van der Waals surface area contributed by atoms with Crippen molar-refractivity contribution < 1.29 is 9.13 Å². The zero-order chi connectivity index (χ0) is 21.5. The van der Waals surface area contributed by atoms with Gasteiger partial charge < -0.3 is 20.3 Å². The van der Waals surface area contributed by atoms with E-state index >= 15 is 0 Å². The van der Waals surface area contributed by atoms with Crippen molar-refractivity contribution in [2.75, 3.05) is 57.9 Å². The number of hydrogen-bond donors (Lipinski definition) is 2. The SMILES string of the molecule is CN=C(NCC(c1ccc(F)cc1)N1CCOCC1)NC1CCN(c2ccccc2)C1. The minimum Gasteiger partial charge on any atom is -0.379 e. The molecule has 2 aromatic carbocycles. The topological polar surface area (TPSA) is 52.1 Å². The third kappa shape index (κ3) is 5.74. The fourth-order valence-corrected chi connectivity index (χ4v) is 4.36. The number of halogens is 1. The highest BCUT2D eigenvalue weighted by molar-refractivity contribution is 5.80. The van der Waals surface area contributed by atoms with Gasteiger partial charge in [0.2, 0.25) is 0 Å². The fraction of sp³-hybridized carbons (Fsp3) is 0.458. The maximum absolute atomic E-state index is 13.5. The molecular formula is C24H32FN5O. The Labute approximate surface area is 184 Å². The number of morpholine rings is 1. The Balaban J connectivity index is 1.36. The Morgan fingerprint density at radius 1 is 1.10 bits per heavy atom. The molecule has 4 rings (SSSR count). The number of ether oxygens (including phenoxy) is 1. The third-order valence-corrected chi connectivity index (χ3v) is 6.08. The van der Waals surface area contributed by atoms with E-state index in [9.17, 15) is 4.39 Å². The van der Waals surface area contributed by atoms with Crippen LogP contribution in [0.3, 0.4) is 0 Å². The molecule has 2 heterocycles. The van der Waals surface area contributed by atoms with Gasteiger partial charge in [-0.05, 0) is 36.2 Å². The van der Waals surface area contributed by atoms with Crippen molar-refractivity contribution in [2.45, 2.75) is 18.5 Å². The number of aliphatic imine (C=N–C) groups is 1. The van der Waals surface area contributed by atoms with Crippen LogP contribution in [0.4, 0.5) is 10.1 Å². The van der Waals surface area contributed by atoms with E-state index in [1.165, 1.54) is 17.8 Å². The van der Waals surface area contributed by atoms with Gasteiger partial charge in [0.1, 0.15) is 5.82 Å². The van der Waals surface area contributed by atoms with Crippen LogP contribution in [0.15, 0.2) is 59.6 Å². The molecule has 2 saturated heterocycles. The standard InChI is InChI=1S/C24H32FN5O/c1-26-24(28-21-11-12-30(18-21)22-5-3-2-4-6-22)27-17-23(29-13-15-31-16-14-29)19-7-9-20(25)10-8-19/h2-10,21,23H,11-18H2,1H3,(H2,26,27,28). The smallest absolute Gasteiger partial charge is 0.191 e. The summed E-state index contributed by atoms with van der Waals surface area (Å²) in [5.74, 6) is 0.597. The maximum Gasteiger partial charge on any atom is 0.191 e. The summed E-state index contributed by atoms with van der Waals surface area (Å²) < 4.78 is 19.0. The van der Waals surface area contributed by atoms with Crippen LogP contribution in [0.1, 0.15) is 18.0 Å². The molecule has 0 aromatic heterocycles. The van der Waals surface area contributed by atoms with Crippen molar-refractivity contribution in [1.29, 1.82) is 0 Å². The second-order valence-electron chi connectivity index (χ2n) is 8.08. The van der Waals surface area contributed by atoms with Crippen molar-refractivity contribution in [3.05, 3.63) is 66.0 Å². The van der Waals surface area contributed by atoms with E-state index in [0.717, 1.165) is 57.3 Å². The molecule has 2 aliphatic heterocycles. The molecule has 0 spiro atoms. The van der Waals surface area contributed by atoms with Crippen LogP contribution in [-0.4, -0.2) is 69.9 Å². The van der Waals surface area contributed by atoms with Crippen LogP contribution in [0.2, 0.25) is 0 Å². The van der Waals surface area contributed by atoms with Gasteiger partial charge in [0.25, 0.3) is 0 Å². The van der Waals surface area contributed by atoms with Crippen LogP contribution >= 0.6 is 0 Å². The van der Waals surface area contributed by atoms with E-state index in [1.807, 2.05) is 18.2 Å². The lowest BCUT2D eigenvalue weighted by Gasteiger charge is -2.35. The summed E-state index contributed by atoms with van der Waals surface area (Å²) in [4.78, 5) is 9.24. The average Bonchev–Trinajstić information content (AvgIpc) is 3.29. The Morgan fingerprint density at radius 2 is 1.84 bits per heavy atom. The largest absolute Gasteiger partial charge is 0.379 e. The number of hydrogen-bond acceptors (Lipinski definition) is 4. The summed E-state index contributed by atoms with van der Waals surface area (Å²) in [5.41, 5.74) is 2.36. The molecule has 2 aromatic rings. The van der Waals surface area contributed by atoms with Crippen LogP contribution in [0.25, 0.3) is 0 Å². The van der Waals surface area contributed by atoms with Crippen LogP contribution in [0.5, 0.6) is 0 Å². The first-order valence-corrected chi connectivity index (χ1v) is 11.1. The molecule has 31 heavy (non-hydrogen) atoms. The van der Waals surface area contributed by atoms with Gasteiger partial charge in [0.15, 0.2) is 5.96 Å². The van der Waals surface area contributed by atoms with Crippen molar-refractivity contribution in [3.8, 4) is 0 Å². The summed E-state index contributed by atoms with van der Waals surface area (Å²) >= 11 is 0. The molecule has 2 fully saturated rings. The Morgan fingerprint density at radius 3 is 2.55 bits per heavy atom.